The highest BCUT2D eigenvalue weighted by atomic mass is 35.5. The minimum Gasteiger partial charge on any atom is -0.495 e. The molecular weight excluding hydrogens is 396 g/mol. The van der Waals surface area contributed by atoms with Crippen LogP contribution in [0, 0.1) is 5.92 Å². The van der Waals surface area contributed by atoms with Crippen molar-refractivity contribution >= 4 is 50.0 Å². The molecule has 0 bridgehead atoms. The fourth-order valence-electron chi connectivity index (χ4n) is 3.05. The summed E-state index contributed by atoms with van der Waals surface area (Å²) in [4.78, 5) is 18.5. The summed E-state index contributed by atoms with van der Waals surface area (Å²) in [5.74, 6) is 0.312. The van der Waals surface area contributed by atoms with Crippen LogP contribution in [0.4, 0.5) is 5.69 Å². The summed E-state index contributed by atoms with van der Waals surface area (Å²) in [7, 11) is -1.57. The number of halogens is 1. The van der Waals surface area contributed by atoms with Gasteiger partial charge in [0.2, 0.25) is 0 Å². The molecule has 2 heterocycles. The number of anilines is 1. The topological polar surface area (TPSA) is 76.0 Å². The van der Waals surface area contributed by atoms with E-state index in [9.17, 15) is 13.2 Å². The van der Waals surface area contributed by atoms with Crippen LogP contribution in [0.5, 0.6) is 5.75 Å². The summed E-state index contributed by atoms with van der Waals surface area (Å²) in [6, 6.07) is 5.00. The largest absolute Gasteiger partial charge is 0.495 e. The molecule has 0 saturated carbocycles. The number of rotatable bonds is 4. The third-order valence-corrected chi connectivity index (χ3v) is 8.23. The van der Waals surface area contributed by atoms with Crippen LogP contribution >= 0.6 is 23.4 Å². The number of carbonyl (C=O) groups is 1. The monoisotopic (exact) mass is 416 g/mol. The van der Waals surface area contributed by atoms with Gasteiger partial charge in [-0.05, 0) is 24.6 Å². The number of methoxy groups -OCH3 is 1. The molecule has 26 heavy (non-hydrogen) atoms. The predicted molar refractivity (Wildman–Crippen MR) is 106 cm³/mol. The quantitative estimate of drug-likeness (QED) is 0.750. The molecule has 0 radical (unpaired) electrons. The summed E-state index contributed by atoms with van der Waals surface area (Å²) in [6.07, 6.45) is 0.704. The zero-order valence-electron chi connectivity index (χ0n) is 14.8. The van der Waals surface area contributed by atoms with Crippen LogP contribution in [-0.2, 0) is 14.6 Å². The number of thioether (sulfide) groups is 1. The van der Waals surface area contributed by atoms with Crippen molar-refractivity contribution in [3.63, 3.8) is 0 Å². The van der Waals surface area contributed by atoms with Gasteiger partial charge in [-0.3, -0.25) is 4.79 Å². The maximum atomic E-state index is 12.3. The van der Waals surface area contributed by atoms with Gasteiger partial charge in [-0.25, -0.2) is 8.42 Å². The molecule has 0 aliphatic carbocycles. The van der Waals surface area contributed by atoms with Crippen LogP contribution in [0.25, 0.3) is 0 Å². The molecule has 2 fully saturated rings. The van der Waals surface area contributed by atoms with Crippen molar-refractivity contribution < 1.29 is 17.9 Å². The van der Waals surface area contributed by atoms with Crippen molar-refractivity contribution in [1.29, 1.82) is 0 Å². The second kappa shape index (κ2) is 7.40. The predicted octanol–water partition coefficient (Wildman–Crippen LogP) is 3.00. The van der Waals surface area contributed by atoms with Gasteiger partial charge in [-0.15, -0.1) is 0 Å². The van der Waals surface area contributed by atoms with E-state index in [1.54, 1.807) is 12.1 Å². The van der Waals surface area contributed by atoms with E-state index in [1.807, 2.05) is 24.8 Å². The van der Waals surface area contributed by atoms with Gasteiger partial charge in [0.15, 0.2) is 15.0 Å². The number of hydrogen-bond donors (Lipinski definition) is 0. The summed E-state index contributed by atoms with van der Waals surface area (Å²) >= 11 is 7.61. The number of amides is 1. The second-order valence-electron chi connectivity index (χ2n) is 6.53. The van der Waals surface area contributed by atoms with Crippen LogP contribution in [0.1, 0.15) is 20.3 Å². The van der Waals surface area contributed by atoms with Crippen LogP contribution in [0.15, 0.2) is 23.2 Å². The zero-order valence-corrected chi connectivity index (χ0v) is 17.2. The zero-order chi connectivity index (χ0) is 19.1. The molecule has 2 aliphatic rings. The Kier molecular flexibility index (Phi) is 5.55. The van der Waals surface area contributed by atoms with Gasteiger partial charge in [-0.2, -0.15) is 4.99 Å². The number of sulfone groups is 1. The minimum atomic E-state index is -3.10. The first-order valence-corrected chi connectivity index (χ1v) is 11.5. The maximum absolute atomic E-state index is 12.3. The Labute approximate surface area is 162 Å². The molecule has 1 amide bonds. The summed E-state index contributed by atoms with van der Waals surface area (Å²) in [5.41, 5.74) is 0.712. The molecule has 3 atom stereocenters. The molecule has 9 heteroatoms. The third-order valence-electron chi connectivity index (χ3n) is 4.72. The number of carbonyl (C=O) groups excluding carboxylic acids is 1. The van der Waals surface area contributed by atoms with Crippen LogP contribution in [0.3, 0.4) is 0 Å². The molecule has 2 saturated heterocycles. The van der Waals surface area contributed by atoms with Gasteiger partial charge in [0.1, 0.15) is 5.75 Å². The smallest absolute Gasteiger partial charge is 0.250 e. The molecule has 142 valence electrons. The van der Waals surface area contributed by atoms with Gasteiger partial charge < -0.3 is 9.64 Å². The van der Waals surface area contributed by atoms with Gasteiger partial charge in [-0.1, -0.05) is 37.2 Å². The van der Waals surface area contributed by atoms with Crippen LogP contribution in [-0.4, -0.2) is 49.4 Å². The van der Waals surface area contributed by atoms with E-state index >= 15 is 0 Å². The lowest BCUT2D eigenvalue weighted by atomic mass is 10.1. The number of benzene rings is 1. The van der Waals surface area contributed by atoms with E-state index in [4.69, 9.17) is 16.3 Å². The van der Waals surface area contributed by atoms with Crippen molar-refractivity contribution in [3.05, 3.63) is 23.2 Å². The standard InChI is InChI=1S/C17H21ClN2O4S2/c1-4-10(2)16(21)19-17-20(11-5-6-14(24-3)12(18)7-11)13-8-26(22,23)9-15(13)25-17/h5-7,10,13,15H,4,8-9H2,1-3H3/t10-,13-,15+/m1/s1. The molecule has 0 unspecified atom stereocenters. The number of aliphatic imine (C=N–C) groups is 1. The number of hydrogen-bond acceptors (Lipinski definition) is 5. The highest BCUT2D eigenvalue weighted by molar-refractivity contribution is 8.16. The van der Waals surface area contributed by atoms with Crippen LogP contribution < -0.4 is 9.64 Å². The van der Waals surface area contributed by atoms with Crippen molar-refractivity contribution in [1.82, 2.24) is 0 Å². The van der Waals surface area contributed by atoms with Gasteiger partial charge in [0, 0.05) is 16.9 Å². The molecular formula is C17H21ClN2O4S2. The summed E-state index contributed by atoms with van der Waals surface area (Å²) in [6.45, 7) is 3.78. The number of amidine groups is 1. The van der Waals surface area contributed by atoms with E-state index in [2.05, 4.69) is 4.99 Å². The number of nitrogens with zero attached hydrogens (tertiary/aromatic N) is 2. The second-order valence-corrected chi connectivity index (χ2v) is 10.3. The Balaban J connectivity index is 2.01. The average Bonchev–Trinajstić information content (AvgIpc) is 3.04. The van der Waals surface area contributed by atoms with Crippen LogP contribution in [0.2, 0.25) is 5.02 Å². The molecule has 0 N–H and O–H groups in total. The molecule has 0 aromatic heterocycles. The summed E-state index contributed by atoms with van der Waals surface area (Å²) < 4.78 is 29.3. The van der Waals surface area contributed by atoms with Crippen molar-refractivity contribution in [2.24, 2.45) is 10.9 Å². The molecule has 1 aromatic carbocycles. The fraction of sp³-hybridized carbons (Fsp3) is 0.529. The molecule has 3 rings (SSSR count). The third kappa shape index (κ3) is 3.73. The van der Waals surface area contributed by atoms with Gasteiger partial charge >= 0.3 is 0 Å². The molecule has 1 aromatic rings. The maximum Gasteiger partial charge on any atom is 0.250 e. The van der Waals surface area contributed by atoms with E-state index < -0.39 is 9.84 Å². The SMILES string of the molecule is CC[C@@H](C)C(=O)N=C1S[C@H]2CS(=O)(=O)C[C@H]2N1c1ccc(OC)c(Cl)c1. The Hall–Kier alpha value is -1.25. The van der Waals surface area contributed by atoms with Crippen molar-refractivity contribution in [2.75, 3.05) is 23.5 Å². The first-order chi connectivity index (χ1) is 12.3. The van der Waals surface area contributed by atoms with E-state index in [0.29, 0.717) is 28.0 Å². The Morgan fingerprint density at radius 3 is 2.81 bits per heavy atom. The number of ether oxygens (including phenoxy) is 1. The number of fused-ring (bicyclic) bond motifs is 1. The minimum absolute atomic E-state index is 0.0465. The average molecular weight is 417 g/mol. The molecule has 0 spiro atoms. The van der Waals surface area contributed by atoms with Gasteiger partial charge in [0.05, 0.1) is 29.7 Å². The normalized spacial score (nSPS) is 26.8. The van der Waals surface area contributed by atoms with Gasteiger partial charge in [0.25, 0.3) is 5.91 Å². The summed E-state index contributed by atoms with van der Waals surface area (Å²) in [5, 5.41) is 0.831. The van der Waals surface area contributed by atoms with Crippen molar-refractivity contribution in [2.45, 2.75) is 31.6 Å². The van der Waals surface area contributed by atoms with E-state index in [1.165, 1.54) is 18.9 Å². The lowest BCUT2D eigenvalue weighted by Crippen LogP contribution is -2.37. The Morgan fingerprint density at radius 1 is 1.46 bits per heavy atom. The first kappa shape index (κ1) is 19.5. The van der Waals surface area contributed by atoms with Crippen molar-refractivity contribution in [3.8, 4) is 5.75 Å². The highest BCUT2D eigenvalue weighted by Crippen LogP contribution is 2.42. The Bertz CT molecular complexity index is 856. The fourth-order valence-corrected chi connectivity index (χ4v) is 7.22. The van der Waals surface area contributed by atoms with E-state index in [-0.39, 0.29) is 34.6 Å². The Morgan fingerprint density at radius 2 is 2.19 bits per heavy atom. The van der Waals surface area contributed by atoms with E-state index in [0.717, 1.165) is 0 Å². The lowest BCUT2D eigenvalue weighted by molar-refractivity contribution is -0.121. The first-order valence-electron chi connectivity index (χ1n) is 8.38. The highest BCUT2D eigenvalue weighted by Gasteiger charge is 2.49. The molecule has 2 aliphatic heterocycles. The molecule has 6 nitrogen and oxygen atoms in total. The lowest BCUT2D eigenvalue weighted by Gasteiger charge is -2.25.